The lowest BCUT2D eigenvalue weighted by Gasteiger charge is -2.24. The van der Waals surface area contributed by atoms with Crippen LogP contribution in [0.3, 0.4) is 0 Å². The molecule has 0 spiro atoms. The van der Waals surface area contributed by atoms with E-state index in [2.05, 4.69) is 22.0 Å². The van der Waals surface area contributed by atoms with Crippen molar-refractivity contribution in [2.24, 2.45) is 16.8 Å². The first-order valence-corrected chi connectivity index (χ1v) is 12.2. The van der Waals surface area contributed by atoms with Crippen LogP contribution in [0, 0.1) is 5.92 Å². The molecule has 0 aliphatic carbocycles. The number of nitrogens with zero attached hydrogens (tertiary/aromatic N) is 4. The predicted molar refractivity (Wildman–Crippen MR) is 143 cm³/mol. The summed E-state index contributed by atoms with van der Waals surface area (Å²) in [5.41, 5.74) is 2.02. The quantitative estimate of drug-likeness (QED) is 0.103. The van der Waals surface area contributed by atoms with E-state index in [4.69, 9.17) is 15.7 Å². The number of carbonyl (C=O) groups is 2. The number of pyridine rings is 1. The van der Waals surface area contributed by atoms with Gasteiger partial charge in [-0.05, 0) is 58.0 Å². The minimum Gasteiger partial charge on any atom is -0.481 e. The fourth-order valence-corrected chi connectivity index (χ4v) is 2.82. The molecule has 2 amide bonds. The summed E-state index contributed by atoms with van der Waals surface area (Å²) in [6.07, 6.45) is 8.08. The maximum Gasteiger partial charge on any atom is 0.407 e. The Morgan fingerprint density at radius 3 is 2.51 bits per heavy atom. The van der Waals surface area contributed by atoms with E-state index in [0.717, 1.165) is 4.90 Å². The fourth-order valence-electron chi connectivity index (χ4n) is 2.40. The summed E-state index contributed by atoms with van der Waals surface area (Å²) in [5.74, 6) is 6.29. The highest BCUT2D eigenvalue weighted by Gasteiger charge is 2.17. The minimum atomic E-state index is -0.873. The number of thioether (sulfide) groups is 1. The minimum absolute atomic E-state index is 0.0755. The molecular formula is C24H38N6O4S. The Balaban J connectivity index is 0.00000143. The van der Waals surface area contributed by atoms with E-state index < -0.39 is 6.09 Å². The molecule has 0 radical (unpaired) electrons. The molecule has 0 fully saturated rings. The number of hydrogen-bond donors (Lipinski definition) is 3. The number of nitrogens with one attached hydrogen (secondary N) is 1. The predicted octanol–water partition coefficient (Wildman–Crippen LogP) is 3.80. The Hall–Kier alpha value is -3.31. The van der Waals surface area contributed by atoms with E-state index in [-0.39, 0.29) is 11.8 Å². The van der Waals surface area contributed by atoms with Crippen molar-refractivity contribution in [2.45, 2.75) is 32.6 Å². The number of hydrogen-bond acceptors (Lipinski definition) is 8. The van der Waals surface area contributed by atoms with Crippen molar-refractivity contribution in [3.05, 3.63) is 53.8 Å². The molecule has 1 aromatic heterocycles. The Bertz CT molecular complexity index is 932. The van der Waals surface area contributed by atoms with E-state index >= 15 is 0 Å². The highest BCUT2D eigenvalue weighted by atomic mass is 32.2. The van der Waals surface area contributed by atoms with E-state index in [1.54, 1.807) is 37.0 Å². The maximum atomic E-state index is 12.2. The van der Waals surface area contributed by atoms with Gasteiger partial charge in [0.1, 0.15) is 0 Å². The largest absolute Gasteiger partial charge is 0.481 e. The second-order valence-electron chi connectivity index (χ2n) is 7.16. The molecule has 1 rings (SSSR count). The van der Waals surface area contributed by atoms with Crippen LogP contribution in [0.4, 0.5) is 4.79 Å². The number of aromatic nitrogens is 1. The highest BCUT2D eigenvalue weighted by molar-refractivity contribution is 7.98. The molecule has 4 N–H and O–H groups in total. The molecule has 0 saturated carbocycles. The summed E-state index contributed by atoms with van der Waals surface area (Å²) in [6, 6.07) is 3.86. The van der Waals surface area contributed by atoms with E-state index in [0.29, 0.717) is 36.1 Å². The van der Waals surface area contributed by atoms with Crippen LogP contribution in [0.15, 0.2) is 58.0 Å². The van der Waals surface area contributed by atoms with Crippen LogP contribution >= 0.6 is 11.8 Å². The Labute approximate surface area is 212 Å². The van der Waals surface area contributed by atoms with Gasteiger partial charge in [0.15, 0.2) is 0 Å². The Morgan fingerprint density at radius 1 is 1.40 bits per heavy atom. The highest BCUT2D eigenvalue weighted by Crippen LogP contribution is 2.24. The maximum absolute atomic E-state index is 12.2. The third-order valence-corrected chi connectivity index (χ3v) is 5.40. The fraction of sp³-hybridized carbons (Fsp3) is 0.417. The number of methoxy groups -OCH3 is 1. The molecule has 11 heteroatoms. The summed E-state index contributed by atoms with van der Waals surface area (Å²) in [6.45, 7) is 11.9. The van der Waals surface area contributed by atoms with Crippen molar-refractivity contribution in [2.75, 3.05) is 33.5 Å². The zero-order valence-corrected chi connectivity index (χ0v) is 22.4. The average molecular weight is 507 g/mol. The molecule has 0 aliphatic rings. The van der Waals surface area contributed by atoms with Gasteiger partial charge in [-0.25, -0.2) is 15.6 Å². The molecule has 0 aromatic carbocycles. The molecule has 1 atom stereocenters. The molecule has 194 valence electrons. The van der Waals surface area contributed by atoms with Gasteiger partial charge in [-0.1, -0.05) is 6.92 Å². The number of carboxylic acid groups (broad SMARTS) is 1. The smallest absolute Gasteiger partial charge is 0.407 e. The van der Waals surface area contributed by atoms with Crippen LogP contribution in [-0.4, -0.2) is 72.2 Å². The molecule has 1 heterocycles. The number of rotatable bonds is 11. The van der Waals surface area contributed by atoms with Crippen molar-refractivity contribution in [1.82, 2.24) is 20.2 Å². The van der Waals surface area contributed by atoms with Crippen molar-refractivity contribution in [3.63, 3.8) is 0 Å². The van der Waals surface area contributed by atoms with Gasteiger partial charge in [0.05, 0.1) is 24.4 Å². The molecule has 0 bridgehead atoms. The topological polar surface area (TPSA) is 133 Å². The van der Waals surface area contributed by atoms with Crippen LogP contribution in [0.1, 0.15) is 33.4 Å². The Kier molecular flexibility index (Phi) is 15.5. The van der Waals surface area contributed by atoms with Gasteiger partial charge in [0, 0.05) is 43.0 Å². The summed E-state index contributed by atoms with van der Waals surface area (Å²) in [4.78, 5) is 32.5. The van der Waals surface area contributed by atoms with Gasteiger partial charge >= 0.3 is 6.09 Å². The first-order valence-electron chi connectivity index (χ1n) is 10.9. The number of amides is 2. The first kappa shape index (κ1) is 31.7. The van der Waals surface area contributed by atoms with Crippen LogP contribution in [0.25, 0.3) is 5.70 Å². The SMILES string of the molecule is C=N/C(=C\C=C(/C)N(N)/C(=C\C(C)C(=O)NCC)c1cc(SC)ccn1)OC.CCN(C)C(=O)O. The Morgan fingerprint density at radius 2 is 2.06 bits per heavy atom. The van der Waals surface area contributed by atoms with Crippen LogP contribution < -0.4 is 11.2 Å². The monoisotopic (exact) mass is 506 g/mol. The van der Waals surface area contributed by atoms with Gasteiger partial charge in [-0.15, -0.1) is 11.8 Å². The lowest BCUT2D eigenvalue weighted by atomic mass is 10.1. The summed E-state index contributed by atoms with van der Waals surface area (Å²) >= 11 is 1.61. The van der Waals surface area contributed by atoms with Gasteiger partial charge < -0.3 is 20.1 Å². The number of allylic oxidation sites excluding steroid dienone is 3. The van der Waals surface area contributed by atoms with E-state index in [1.165, 1.54) is 24.1 Å². The molecule has 0 saturated heterocycles. The second kappa shape index (κ2) is 17.2. The molecule has 10 nitrogen and oxygen atoms in total. The molecule has 1 unspecified atom stereocenters. The van der Waals surface area contributed by atoms with Gasteiger partial charge in [0.2, 0.25) is 11.8 Å². The number of hydrazine groups is 1. The number of aliphatic imine (C=N–C) groups is 1. The third kappa shape index (κ3) is 11.6. The van der Waals surface area contributed by atoms with Gasteiger partial charge in [0.25, 0.3) is 0 Å². The zero-order valence-electron chi connectivity index (χ0n) is 21.6. The third-order valence-electron chi connectivity index (χ3n) is 4.67. The van der Waals surface area contributed by atoms with Crippen LogP contribution in [-0.2, 0) is 9.53 Å². The zero-order chi connectivity index (χ0) is 27.0. The molecule has 0 aliphatic heterocycles. The molecular weight excluding hydrogens is 468 g/mol. The standard InChI is InChI=1S/C20H29N5O2S.C4H9NO2/c1-7-23-20(26)14(2)12-18(17-13-16(28-6)10-11-24-17)25(21)15(3)8-9-19(22-4)27-5;1-3-5(2)4(6)7/h8-14H,4,7,21H2,1-3,5-6H3,(H,23,26);3H2,1-2H3,(H,6,7)/b15-8+,18-12-,19-9+;. The van der Waals surface area contributed by atoms with E-state index in [1.807, 2.05) is 45.2 Å². The molecule has 1 aromatic rings. The molecule has 35 heavy (non-hydrogen) atoms. The summed E-state index contributed by atoms with van der Waals surface area (Å²) < 4.78 is 5.07. The average Bonchev–Trinajstić information content (AvgIpc) is 2.86. The van der Waals surface area contributed by atoms with Crippen molar-refractivity contribution in [1.29, 1.82) is 0 Å². The number of carbonyl (C=O) groups excluding carboxylic acids is 1. The van der Waals surface area contributed by atoms with Crippen LogP contribution in [0.5, 0.6) is 0 Å². The van der Waals surface area contributed by atoms with Crippen molar-refractivity contribution in [3.8, 4) is 0 Å². The van der Waals surface area contributed by atoms with Gasteiger partial charge in [-0.2, -0.15) is 0 Å². The van der Waals surface area contributed by atoms with Crippen LogP contribution in [0.2, 0.25) is 0 Å². The number of ether oxygens (including phenoxy) is 1. The van der Waals surface area contributed by atoms with Gasteiger partial charge in [-0.3, -0.25) is 14.8 Å². The lowest BCUT2D eigenvalue weighted by Crippen LogP contribution is -2.31. The van der Waals surface area contributed by atoms with Crippen molar-refractivity contribution < 1.29 is 19.4 Å². The number of nitrogens with two attached hydrogens (primary N) is 1. The lowest BCUT2D eigenvalue weighted by molar-refractivity contribution is -0.123. The normalized spacial score (nSPS) is 12.6. The summed E-state index contributed by atoms with van der Waals surface area (Å²) in [7, 11) is 3.05. The van der Waals surface area contributed by atoms with E-state index in [9.17, 15) is 9.59 Å². The summed E-state index contributed by atoms with van der Waals surface area (Å²) in [5, 5.41) is 12.4. The van der Waals surface area contributed by atoms with Crippen molar-refractivity contribution >= 4 is 36.2 Å². The second-order valence-corrected chi connectivity index (χ2v) is 8.04. The first-order chi connectivity index (χ1) is 16.6.